The number of carbonyl (C=O) groups is 2. The Morgan fingerprint density at radius 2 is 1.96 bits per heavy atom. The molecule has 0 atom stereocenters. The van der Waals surface area contributed by atoms with Gasteiger partial charge in [-0.25, -0.2) is 0 Å². The van der Waals surface area contributed by atoms with Crippen molar-refractivity contribution in [2.75, 3.05) is 12.8 Å². The maximum atomic E-state index is 12.5. The standard InChI is InChI=1S/C14H9BrN4O6/c1-25-7-3-2-6(19(23)24)11(10(7)15)18-8(20)4-5-9(12(18)16)14(22)17-13(5)21/h2-4H,16H2,1H3,(H,17,21,22). The van der Waals surface area contributed by atoms with Gasteiger partial charge in [0.25, 0.3) is 23.1 Å². The Morgan fingerprint density at radius 1 is 1.28 bits per heavy atom. The third kappa shape index (κ3) is 2.36. The number of halogens is 1. The van der Waals surface area contributed by atoms with Gasteiger partial charge in [0.1, 0.15) is 17.3 Å². The number of fused-ring (bicyclic) bond motifs is 1. The molecule has 11 heteroatoms. The second kappa shape index (κ2) is 5.70. The largest absolute Gasteiger partial charge is 0.495 e. The second-order valence-corrected chi connectivity index (χ2v) is 5.77. The van der Waals surface area contributed by atoms with E-state index in [1.165, 1.54) is 13.2 Å². The summed E-state index contributed by atoms with van der Waals surface area (Å²) in [5, 5.41) is 13.4. The van der Waals surface area contributed by atoms with E-state index < -0.39 is 28.0 Å². The fourth-order valence-electron chi connectivity index (χ4n) is 2.56. The Hall–Kier alpha value is -3.21. The number of hydrogen-bond acceptors (Lipinski definition) is 7. The van der Waals surface area contributed by atoms with Crippen molar-refractivity contribution < 1.29 is 19.2 Å². The van der Waals surface area contributed by atoms with Crippen molar-refractivity contribution in [1.82, 2.24) is 9.88 Å². The molecule has 3 N–H and O–H groups in total. The fraction of sp³-hybridized carbons (Fsp3) is 0.0714. The van der Waals surface area contributed by atoms with Crippen LogP contribution < -0.4 is 21.3 Å². The summed E-state index contributed by atoms with van der Waals surface area (Å²) in [6, 6.07) is 3.39. The quantitative estimate of drug-likeness (QED) is 0.436. The molecule has 1 aromatic carbocycles. The van der Waals surface area contributed by atoms with Crippen molar-refractivity contribution in [1.29, 1.82) is 0 Å². The van der Waals surface area contributed by atoms with E-state index in [1.54, 1.807) is 0 Å². The van der Waals surface area contributed by atoms with Crippen LogP contribution in [0.3, 0.4) is 0 Å². The normalized spacial score (nSPS) is 12.7. The molecule has 0 saturated heterocycles. The zero-order valence-electron chi connectivity index (χ0n) is 12.5. The van der Waals surface area contributed by atoms with E-state index in [0.29, 0.717) is 0 Å². The fourth-order valence-corrected chi connectivity index (χ4v) is 3.24. The zero-order chi connectivity index (χ0) is 18.5. The summed E-state index contributed by atoms with van der Waals surface area (Å²) in [5.41, 5.74) is 4.07. The van der Waals surface area contributed by atoms with Crippen LogP contribution in [0, 0.1) is 10.1 Å². The number of nitro groups is 1. The Balaban J connectivity index is 2.45. The van der Waals surface area contributed by atoms with Crippen molar-refractivity contribution >= 4 is 39.2 Å². The highest BCUT2D eigenvalue weighted by Crippen LogP contribution is 2.38. The Kier molecular flexibility index (Phi) is 3.80. The molecule has 2 heterocycles. The average Bonchev–Trinajstić information content (AvgIpc) is 2.82. The number of pyridine rings is 1. The summed E-state index contributed by atoms with van der Waals surface area (Å²) in [6.07, 6.45) is 0. The monoisotopic (exact) mass is 408 g/mol. The van der Waals surface area contributed by atoms with Crippen molar-refractivity contribution in [3.05, 3.63) is 54.3 Å². The number of carbonyl (C=O) groups excluding carboxylic acids is 2. The predicted molar refractivity (Wildman–Crippen MR) is 89.2 cm³/mol. The number of nitrogens with zero attached hydrogens (tertiary/aromatic N) is 2. The summed E-state index contributed by atoms with van der Waals surface area (Å²) >= 11 is 3.16. The Bertz CT molecular complexity index is 1030. The highest BCUT2D eigenvalue weighted by atomic mass is 79.9. The number of rotatable bonds is 3. The predicted octanol–water partition coefficient (Wildman–Crippen LogP) is 0.983. The molecule has 0 spiro atoms. The molecule has 128 valence electrons. The van der Waals surface area contributed by atoms with Crippen LogP contribution >= 0.6 is 15.9 Å². The molecule has 10 nitrogen and oxygen atoms in total. The molecule has 0 fully saturated rings. The summed E-state index contributed by atoms with van der Waals surface area (Å²) in [6.45, 7) is 0. The smallest absolute Gasteiger partial charge is 0.294 e. The molecule has 0 unspecified atom stereocenters. The van der Waals surface area contributed by atoms with E-state index in [-0.39, 0.29) is 32.9 Å². The van der Waals surface area contributed by atoms with Gasteiger partial charge in [0.05, 0.1) is 27.6 Å². The first-order valence-corrected chi connectivity index (χ1v) is 7.49. The van der Waals surface area contributed by atoms with Gasteiger partial charge in [-0.05, 0) is 22.0 Å². The number of ether oxygens (including phenoxy) is 1. The number of aromatic nitrogens is 1. The van der Waals surface area contributed by atoms with E-state index in [1.807, 2.05) is 5.32 Å². The minimum atomic E-state index is -0.807. The molecule has 0 aliphatic carbocycles. The minimum Gasteiger partial charge on any atom is -0.495 e. The molecule has 0 radical (unpaired) electrons. The lowest BCUT2D eigenvalue weighted by atomic mass is 10.1. The molecule has 0 bridgehead atoms. The van der Waals surface area contributed by atoms with Crippen LogP contribution in [-0.4, -0.2) is 28.4 Å². The van der Waals surface area contributed by atoms with Crippen LogP contribution in [0.15, 0.2) is 27.5 Å². The van der Waals surface area contributed by atoms with E-state index in [4.69, 9.17) is 10.5 Å². The summed E-state index contributed by atoms with van der Waals surface area (Å²) in [7, 11) is 1.34. The van der Waals surface area contributed by atoms with Gasteiger partial charge in [-0.2, -0.15) is 0 Å². The molecule has 3 rings (SSSR count). The highest BCUT2D eigenvalue weighted by molar-refractivity contribution is 9.10. The lowest BCUT2D eigenvalue weighted by Gasteiger charge is -2.15. The van der Waals surface area contributed by atoms with Crippen molar-refractivity contribution in [2.45, 2.75) is 0 Å². The average molecular weight is 409 g/mol. The molecule has 2 aromatic rings. The number of methoxy groups -OCH3 is 1. The second-order valence-electron chi connectivity index (χ2n) is 4.98. The third-order valence-electron chi connectivity index (χ3n) is 3.65. The van der Waals surface area contributed by atoms with Crippen LogP contribution in [0.4, 0.5) is 11.5 Å². The number of imide groups is 1. The number of hydrogen-bond donors (Lipinski definition) is 2. The summed E-state index contributed by atoms with van der Waals surface area (Å²) in [4.78, 5) is 46.8. The first-order chi connectivity index (χ1) is 11.8. The maximum absolute atomic E-state index is 12.5. The lowest BCUT2D eigenvalue weighted by molar-refractivity contribution is -0.384. The van der Waals surface area contributed by atoms with Gasteiger partial charge in [0, 0.05) is 12.1 Å². The molecular weight excluding hydrogens is 400 g/mol. The number of nitrogens with one attached hydrogen (secondary N) is 1. The molecule has 2 amide bonds. The van der Waals surface area contributed by atoms with Crippen molar-refractivity contribution in [2.24, 2.45) is 0 Å². The Morgan fingerprint density at radius 3 is 2.56 bits per heavy atom. The zero-order valence-corrected chi connectivity index (χ0v) is 14.1. The SMILES string of the molecule is COc1ccc([N+](=O)[O-])c(-n2c(N)c3c(cc2=O)C(=O)NC3=O)c1Br. The maximum Gasteiger partial charge on any atom is 0.294 e. The number of anilines is 1. The third-order valence-corrected chi connectivity index (χ3v) is 4.42. The van der Waals surface area contributed by atoms with Crippen LogP contribution in [0.1, 0.15) is 20.7 Å². The van der Waals surface area contributed by atoms with E-state index in [0.717, 1.165) is 16.7 Å². The molecule has 1 aliphatic rings. The molecule has 25 heavy (non-hydrogen) atoms. The number of benzene rings is 1. The van der Waals surface area contributed by atoms with Crippen LogP contribution in [0.25, 0.3) is 5.69 Å². The molecule has 0 saturated carbocycles. The first kappa shape index (κ1) is 16.6. The van der Waals surface area contributed by atoms with Crippen LogP contribution in [0.5, 0.6) is 5.75 Å². The number of nitrogen functional groups attached to an aromatic ring is 1. The van der Waals surface area contributed by atoms with Crippen molar-refractivity contribution in [3.63, 3.8) is 0 Å². The first-order valence-electron chi connectivity index (χ1n) is 6.70. The van der Waals surface area contributed by atoms with E-state index in [9.17, 15) is 24.5 Å². The minimum absolute atomic E-state index is 0.0997. The highest BCUT2D eigenvalue weighted by Gasteiger charge is 2.34. The van der Waals surface area contributed by atoms with Gasteiger partial charge in [-0.1, -0.05) is 0 Å². The summed E-state index contributed by atoms with van der Waals surface area (Å²) in [5.74, 6) is -1.71. The number of nitrogens with two attached hydrogens (primary N) is 1. The van der Waals surface area contributed by atoms with Gasteiger partial charge in [-0.3, -0.25) is 34.4 Å². The topological polar surface area (TPSA) is 147 Å². The number of nitro benzene ring substituents is 1. The van der Waals surface area contributed by atoms with E-state index >= 15 is 0 Å². The van der Waals surface area contributed by atoms with Gasteiger partial charge in [-0.15, -0.1) is 0 Å². The number of amides is 2. The van der Waals surface area contributed by atoms with Gasteiger partial charge in [0.2, 0.25) is 0 Å². The Labute approximate surface area is 147 Å². The molecule has 1 aromatic heterocycles. The van der Waals surface area contributed by atoms with Gasteiger partial charge in [0.15, 0.2) is 0 Å². The van der Waals surface area contributed by atoms with Gasteiger partial charge >= 0.3 is 0 Å². The molecule has 1 aliphatic heterocycles. The van der Waals surface area contributed by atoms with Crippen molar-refractivity contribution in [3.8, 4) is 11.4 Å². The van der Waals surface area contributed by atoms with Crippen LogP contribution in [0.2, 0.25) is 0 Å². The lowest BCUT2D eigenvalue weighted by Crippen LogP contribution is -2.25. The van der Waals surface area contributed by atoms with E-state index in [2.05, 4.69) is 15.9 Å². The summed E-state index contributed by atoms with van der Waals surface area (Å²) < 4.78 is 5.99. The van der Waals surface area contributed by atoms with Gasteiger partial charge < -0.3 is 10.5 Å². The van der Waals surface area contributed by atoms with Crippen LogP contribution in [-0.2, 0) is 0 Å². The molecular formula is C14H9BrN4O6.